The van der Waals surface area contributed by atoms with Crippen LogP contribution in [0.3, 0.4) is 0 Å². The minimum atomic E-state index is -2.01. The summed E-state index contributed by atoms with van der Waals surface area (Å²) in [5.41, 5.74) is 5.53. The number of ether oxygens (including phenoxy) is 1. The molecule has 13 heteroatoms. The third-order valence-corrected chi connectivity index (χ3v) is 8.67. The second-order valence-electron chi connectivity index (χ2n) is 10.5. The number of nitrogens with zero attached hydrogens (tertiary/aromatic N) is 6. The maximum atomic E-state index is 15.3. The molecule has 1 unspecified atom stereocenters. The van der Waals surface area contributed by atoms with Crippen LogP contribution in [0.4, 0.5) is 13.6 Å². The first kappa shape index (κ1) is 29.4. The summed E-state index contributed by atoms with van der Waals surface area (Å²) in [5.74, 6) is -2.32. The van der Waals surface area contributed by atoms with Gasteiger partial charge in [-0.2, -0.15) is 10.3 Å². The number of rotatable bonds is 9. The number of aliphatic imine (C=N–C) groups is 1. The zero-order valence-electron chi connectivity index (χ0n) is 22.9. The number of nitrogens with two attached hydrogens (primary N) is 1. The molecule has 218 valence electrons. The fraction of sp³-hybridized carbons (Fsp3) is 0.345. The summed E-state index contributed by atoms with van der Waals surface area (Å²) >= 11 is 1.27. The van der Waals surface area contributed by atoms with Crippen LogP contribution >= 0.6 is 11.3 Å². The van der Waals surface area contributed by atoms with E-state index in [-0.39, 0.29) is 35.9 Å². The number of halogens is 2. The van der Waals surface area contributed by atoms with E-state index in [1.165, 1.54) is 28.9 Å². The van der Waals surface area contributed by atoms with E-state index in [0.717, 1.165) is 23.8 Å². The van der Waals surface area contributed by atoms with Crippen molar-refractivity contribution >= 4 is 30.1 Å². The molecule has 2 aliphatic rings. The Morgan fingerprint density at radius 2 is 2.12 bits per heavy atom. The standard InChI is InChI=1S/C29H30F2N7O3S/c1-19(27-36-26(15-42-27)21-4-2-20(13-32)3-5-21)29(40,24-12-22(30)6-7-25(24)31)16-38(18-34-17-35-38)10-11-41-28(39)37-9-8-23(33)14-37/h2-7,12,15,17-19,23,40H,8-11,14,16,33H2,1H3/q+1/t19-,23-,29+,38?/m0/s1. The third-order valence-electron chi connectivity index (χ3n) is 7.64. The molecule has 4 atom stereocenters. The smallest absolute Gasteiger partial charge is 0.410 e. The first-order chi connectivity index (χ1) is 20.1. The summed E-state index contributed by atoms with van der Waals surface area (Å²) in [6.45, 7) is 2.39. The van der Waals surface area contributed by atoms with Crippen molar-refractivity contribution in [2.45, 2.75) is 30.9 Å². The van der Waals surface area contributed by atoms with Crippen LogP contribution in [0.15, 0.2) is 57.9 Å². The van der Waals surface area contributed by atoms with E-state index in [1.807, 2.05) is 0 Å². The zero-order valence-corrected chi connectivity index (χ0v) is 23.7. The molecule has 3 heterocycles. The fourth-order valence-electron chi connectivity index (χ4n) is 5.17. The molecule has 0 spiro atoms. The number of nitriles is 1. The van der Waals surface area contributed by atoms with Gasteiger partial charge in [-0.15, -0.1) is 15.9 Å². The van der Waals surface area contributed by atoms with Gasteiger partial charge in [-0.25, -0.2) is 18.6 Å². The van der Waals surface area contributed by atoms with Gasteiger partial charge in [-0.1, -0.05) is 24.2 Å². The second kappa shape index (κ2) is 12.0. The van der Waals surface area contributed by atoms with Crippen LogP contribution in [0.1, 0.15) is 35.4 Å². The van der Waals surface area contributed by atoms with Crippen molar-refractivity contribution in [3.8, 4) is 17.3 Å². The van der Waals surface area contributed by atoms with E-state index in [0.29, 0.717) is 35.8 Å². The monoisotopic (exact) mass is 594 g/mol. The third kappa shape index (κ3) is 6.07. The maximum absolute atomic E-state index is 15.3. The largest absolute Gasteiger partial charge is 0.443 e. The van der Waals surface area contributed by atoms with Crippen molar-refractivity contribution < 1.29 is 28.0 Å². The molecule has 2 aromatic carbocycles. The van der Waals surface area contributed by atoms with Crippen LogP contribution in [-0.2, 0) is 10.3 Å². The lowest BCUT2D eigenvalue weighted by Gasteiger charge is -2.38. The van der Waals surface area contributed by atoms with Crippen molar-refractivity contribution in [2.75, 3.05) is 32.8 Å². The number of quaternary nitrogens is 1. The number of likely N-dealkylation sites (tertiary alicyclic amines) is 1. The predicted octanol–water partition coefficient (Wildman–Crippen LogP) is 3.92. The lowest BCUT2D eigenvalue weighted by atomic mass is 9.81. The molecule has 42 heavy (non-hydrogen) atoms. The summed E-state index contributed by atoms with van der Waals surface area (Å²) in [6, 6.07) is 11.8. The molecule has 5 rings (SSSR count). The van der Waals surface area contributed by atoms with E-state index in [2.05, 4.69) is 16.2 Å². The Labute approximate surface area is 245 Å². The van der Waals surface area contributed by atoms with E-state index in [1.54, 1.807) is 36.6 Å². The molecule has 0 radical (unpaired) electrons. The molecule has 0 bridgehead atoms. The first-order valence-electron chi connectivity index (χ1n) is 13.4. The molecule has 3 aromatic rings. The van der Waals surface area contributed by atoms with Gasteiger partial charge in [0.15, 0.2) is 11.9 Å². The first-order valence-corrected chi connectivity index (χ1v) is 14.3. The number of aromatic nitrogens is 1. The number of hydrogen-bond donors (Lipinski definition) is 2. The summed E-state index contributed by atoms with van der Waals surface area (Å²) in [6.07, 6.45) is 2.97. The van der Waals surface area contributed by atoms with Crippen LogP contribution in [0.5, 0.6) is 0 Å². The predicted molar refractivity (Wildman–Crippen MR) is 153 cm³/mol. The van der Waals surface area contributed by atoms with Crippen molar-refractivity contribution in [3.63, 3.8) is 0 Å². The number of aliphatic hydroxyl groups is 1. The minimum Gasteiger partial charge on any atom is -0.443 e. The molecule has 1 aromatic heterocycles. The highest BCUT2D eigenvalue weighted by molar-refractivity contribution is 7.10. The highest BCUT2D eigenvalue weighted by atomic mass is 32.1. The Hall–Kier alpha value is -4.09. The van der Waals surface area contributed by atoms with Crippen LogP contribution in [-0.4, -0.2) is 77.2 Å². The average molecular weight is 595 g/mol. The molecule has 2 aliphatic heterocycles. The van der Waals surface area contributed by atoms with Gasteiger partial charge in [0.1, 0.15) is 31.3 Å². The Kier molecular flexibility index (Phi) is 8.42. The highest BCUT2D eigenvalue weighted by Gasteiger charge is 2.49. The number of hydrogen-bond acceptors (Lipinski definition) is 9. The van der Waals surface area contributed by atoms with Crippen molar-refractivity contribution in [1.29, 1.82) is 5.26 Å². The van der Waals surface area contributed by atoms with Crippen molar-refractivity contribution in [2.24, 2.45) is 15.8 Å². The van der Waals surface area contributed by atoms with Gasteiger partial charge in [0.2, 0.25) is 6.34 Å². The van der Waals surface area contributed by atoms with Gasteiger partial charge in [0, 0.05) is 41.6 Å². The molecule has 10 nitrogen and oxygen atoms in total. The lowest BCUT2D eigenvalue weighted by Crippen LogP contribution is -2.54. The van der Waals surface area contributed by atoms with Gasteiger partial charge >= 0.3 is 6.09 Å². The number of carbonyl (C=O) groups excluding carboxylic acids is 1. The Morgan fingerprint density at radius 3 is 2.79 bits per heavy atom. The van der Waals surface area contributed by atoms with Crippen LogP contribution in [0.2, 0.25) is 0 Å². The summed E-state index contributed by atoms with van der Waals surface area (Å²) in [7, 11) is 0. The van der Waals surface area contributed by atoms with Gasteiger partial charge in [0.05, 0.1) is 22.3 Å². The number of benzene rings is 2. The Balaban J connectivity index is 1.43. The topological polar surface area (TPSA) is 137 Å². The van der Waals surface area contributed by atoms with Crippen LogP contribution < -0.4 is 5.73 Å². The normalized spacial score (nSPS) is 21.7. The number of thiazole rings is 1. The van der Waals surface area contributed by atoms with E-state index in [4.69, 9.17) is 20.7 Å². The molecule has 0 aliphatic carbocycles. The van der Waals surface area contributed by atoms with Gasteiger partial charge < -0.3 is 20.5 Å². The zero-order chi connectivity index (χ0) is 29.9. The lowest BCUT2D eigenvalue weighted by molar-refractivity contribution is -0.848. The Morgan fingerprint density at radius 1 is 1.33 bits per heavy atom. The molecule has 1 saturated heterocycles. The van der Waals surface area contributed by atoms with Gasteiger partial charge in [-0.05, 0) is 36.8 Å². The Bertz CT molecular complexity index is 1540. The quantitative estimate of drug-likeness (QED) is 0.360. The maximum Gasteiger partial charge on any atom is 0.410 e. The SMILES string of the molecule is C[C@@H](c1nc(-c2ccc(C#N)cc2)cs1)[C@](O)(C[N+]1(CCOC(=O)N2CC[C@H](N)C2)C=NC=N1)c1cc(F)ccc1F. The summed E-state index contributed by atoms with van der Waals surface area (Å²) in [5, 5.41) is 28.1. The molecular weight excluding hydrogens is 564 g/mol. The molecule has 0 saturated carbocycles. The van der Waals surface area contributed by atoms with E-state index in [9.17, 15) is 14.3 Å². The molecule has 1 fully saturated rings. The summed E-state index contributed by atoms with van der Waals surface area (Å²) in [4.78, 5) is 22.9. The van der Waals surface area contributed by atoms with Crippen molar-refractivity contribution in [3.05, 3.63) is 75.6 Å². The second-order valence-corrected chi connectivity index (χ2v) is 11.4. The number of carbonyl (C=O) groups is 1. The van der Waals surface area contributed by atoms with Gasteiger partial charge in [-0.3, -0.25) is 0 Å². The number of amides is 1. The summed E-state index contributed by atoms with van der Waals surface area (Å²) < 4.78 is 34.9. The molecule has 1 amide bonds. The molecule has 3 N–H and O–H groups in total. The highest BCUT2D eigenvalue weighted by Crippen LogP contribution is 2.42. The van der Waals surface area contributed by atoms with E-state index < -0.39 is 29.2 Å². The minimum absolute atomic E-state index is 0.0654. The van der Waals surface area contributed by atoms with E-state index >= 15 is 4.39 Å². The fourth-order valence-corrected chi connectivity index (χ4v) is 6.14. The van der Waals surface area contributed by atoms with Gasteiger partial charge in [0.25, 0.3) is 0 Å². The van der Waals surface area contributed by atoms with Crippen molar-refractivity contribution in [1.82, 2.24) is 9.88 Å². The molecular formula is C29H30F2N7O3S+. The average Bonchev–Trinajstić information content (AvgIpc) is 3.76. The van der Waals surface area contributed by atoms with Crippen LogP contribution in [0.25, 0.3) is 11.3 Å². The van der Waals surface area contributed by atoms with Crippen LogP contribution in [0, 0.1) is 23.0 Å².